The van der Waals surface area contributed by atoms with E-state index in [0.717, 1.165) is 23.4 Å². The Kier molecular flexibility index (Phi) is 5.15. The van der Waals surface area contributed by atoms with Gasteiger partial charge in [0.15, 0.2) is 0 Å². The third kappa shape index (κ3) is 4.07. The van der Waals surface area contributed by atoms with Crippen LogP contribution >= 0.6 is 0 Å². The predicted molar refractivity (Wildman–Crippen MR) is 91.5 cm³/mol. The quantitative estimate of drug-likeness (QED) is 0.871. The first kappa shape index (κ1) is 16.0. The smallest absolute Gasteiger partial charge is 0.257 e. The number of carbonyl (C=O) groups excluding carboxylic acids is 1. The Morgan fingerprint density at radius 1 is 1.23 bits per heavy atom. The molecule has 0 saturated heterocycles. The van der Waals surface area contributed by atoms with Crippen LogP contribution in [-0.4, -0.2) is 16.9 Å². The summed E-state index contributed by atoms with van der Waals surface area (Å²) in [7, 11) is 0. The second kappa shape index (κ2) is 7.07. The van der Waals surface area contributed by atoms with Crippen molar-refractivity contribution >= 4 is 17.3 Å². The summed E-state index contributed by atoms with van der Waals surface area (Å²) in [6, 6.07) is 8.14. The fraction of sp³-hybridized carbons (Fsp3) is 0.333. The maximum Gasteiger partial charge on any atom is 0.257 e. The van der Waals surface area contributed by atoms with Crippen LogP contribution in [0, 0.1) is 13.8 Å². The molecule has 0 aliphatic carbocycles. The molecule has 116 valence electrons. The van der Waals surface area contributed by atoms with Crippen molar-refractivity contribution in [2.24, 2.45) is 0 Å². The van der Waals surface area contributed by atoms with E-state index in [9.17, 15) is 4.79 Å². The molecule has 1 aromatic carbocycles. The zero-order chi connectivity index (χ0) is 16.1. The van der Waals surface area contributed by atoms with Gasteiger partial charge < -0.3 is 10.6 Å². The monoisotopic (exact) mass is 297 g/mol. The van der Waals surface area contributed by atoms with Crippen molar-refractivity contribution in [2.75, 3.05) is 10.6 Å². The average Bonchev–Trinajstić information content (AvgIpc) is 2.50. The molecular formula is C18H23N3O. The van der Waals surface area contributed by atoms with Crippen LogP contribution in [-0.2, 0) is 0 Å². The molecule has 0 fully saturated rings. The highest BCUT2D eigenvalue weighted by Crippen LogP contribution is 2.18. The fourth-order valence-electron chi connectivity index (χ4n) is 2.18. The number of hydrogen-bond donors (Lipinski definition) is 2. The molecule has 2 aromatic rings. The highest BCUT2D eigenvalue weighted by molar-refractivity contribution is 6.04. The fourth-order valence-corrected chi connectivity index (χ4v) is 2.18. The summed E-state index contributed by atoms with van der Waals surface area (Å²) in [5.41, 5.74) is 4.47. The Balaban J connectivity index is 2.14. The summed E-state index contributed by atoms with van der Waals surface area (Å²) in [6.07, 6.45) is 4.33. The zero-order valence-corrected chi connectivity index (χ0v) is 13.6. The molecular weight excluding hydrogens is 274 g/mol. The van der Waals surface area contributed by atoms with Crippen LogP contribution in [0.15, 0.2) is 36.7 Å². The predicted octanol–water partition coefficient (Wildman–Crippen LogP) is 4.16. The molecule has 1 unspecified atom stereocenters. The zero-order valence-electron chi connectivity index (χ0n) is 13.6. The normalized spacial score (nSPS) is 11.8. The number of hydrogen-bond acceptors (Lipinski definition) is 3. The van der Waals surface area contributed by atoms with Crippen molar-refractivity contribution < 1.29 is 4.79 Å². The molecule has 0 saturated carbocycles. The van der Waals surface area contributed by atoms with E-state index < -0.39 is 0 Å². The van der Waals surface area contributed by atoms with Crippen molar-refractivity contribution in [3.05, 3.63) is 53.3 Å². The lowest BCUT2D eigenvalue weighted by Crippen LogP contribution is -2.16. The number of nitrogens with zero attached hydrogens (tertiary/aromatic N) is 1. The number of pyridine rings is 1. The van der Waals surface area contributed by atoms with E-state index in [1.54, 1.807) is 12.4 Å². The SMILES string of the molecule is CCC(C)Nc1cncc(C(=O)Nc2ccc(C)cc2C)c1. The van der Waals surface area contributed by atoms with Gasteiger partial charge in [-0.1, -0.05) is 24.6 Å². The molecule has 1 amide bonds. The highest BCUT2D eigenvalue weighted by atomic mass is 16.1. The lowest BCUT2D eigenvalue weighted by Gasteiger charge is -2.14. The van der Waals surface area contributed by atoms with Crippen LogP contribution in [0.3, 0.4) is 0 Å². The van der Waals surface area contributed by atoms with Crippen LogP contribution in [0.25, 0.3) is 0 Å². The molecule has 2 N–H and O–H groups in total. The van der Waals surface area contributed by atoms with Crippen LogP contribution < -0.4 is 10.6 Å². The maximum absolute atomic E-state index is 12.4. The number of nitrogens with one attached hydrogen (secondary N) is 2. The van der Waals surface area contributed by atoms with Crippen LogP contribution in [0.4, 0.5) is 11.4 Å². The third-order valence-corrected chi connectivity index (χ3v) is 3.66. The van der Waals surface area contributed by atoms with Gasteiger partial charge in [0.2, 0.25) is 0 Å². The molecule has 0 aliphatic rings. The van der Waals surface area contributed by atoms with Crippen molar-refractivity contribution in [1.82, 2.24) is 4.98 Å². The van der Waals surface area contributed by atoms with Gasteiger partial charge in [-0.15, -0.1) is 0 Å². The first-order valence-corrected chi connectivity index (χ1v) is 7.59. The standard InChI is InChI=1S/C18H23N3O/c1-5-14(4)20-16-9-15(10-19-11-16)18(22)21-17-7-6-12(2)8-13(17)3/h6-11,14,20H,5H2,1-4H3,(H,21,22). The number of amides is 1. The lowest BCUT2D eigenvalue weighted by molar-refractivity contribution is 0.102. The Bertz CT molecular complexity index is 667. The van der Waals surface area contributed by atoms with Crippen molar-refractivity contribution in [3.8, 4) is 0 Å². The van der Waals surface area contributed by atoms with E-state index >= 15 is 0 Å². The van der Waals surface area contributed by atoms with E-state index in [-0.39, 0.29) is 5.91 Å². The van der Waals surface area contributed by atoms with Crippen molar-refractivity contribution in [3.63, 3.8) is 0 Å². The molecule has 0 bridgehead atoms. The summed E-state index contributed by atoms with van der Waals surface area (Å²) in [5, 5.41) is 6.27. The first-order chi connectivity index (χ1) is 10.5. The molecule has 2 rings (SSSR count). The number of aryl methyl sites for hydroxylation is 2. The Morgan fingerprint density at radius 3 is 2.68 bits per heavy atom. The topological polar surface area (TPSA) is 54.0 Å². The summed E-state index contributed by atoms with van der Waals surface area (Å²) in [5.74, 6) is -0.146. The van der Waals surface area contributed by atoms with Gasteiger partial charge in [0.05, 0.1) is 11.3 Å². The molecule has 4 heteroatoms. The summed E-state index contributed by atoms with van der Waals surface area (Å²) >= 11 is 0. The van der Waals surface area contributed by atoms with Gasteiger partial charge in [0.25, 0.3) is 5.91 Å². The van der Waals surface area contributed by atoms with E-state index in [2.05, 4.69) is 35.5 Å². The van der Waals surface area contributed by atoms with Gasteiger partial charge in [-0.25, -0.2) is 0 Å². The van der Waals surface area contributed by atoms with Crippen molar-refractivity contribution in [2.45, 2.75) is 40.2 Å². The Labute approximate surface area is 132 Å². The third-order valence-electron chi connectivity index (χ3n) is 3.66. The number of carbonyl (C=O) groups is 1. The van der Waals surface area contributed by atoms with E-state index in [4.69, 9.17) is 0 Å². The van der Waals surface area contributed by atoms with Crippen LogP contribution in [0.5, 0.6) is 0 Å². The second-order valence-electron chi connectivity index (χ2n) is 5.69. The van der Waals surface area contributed by atoms with Crippen LogP contribution in [0.1, 0.15) is 41.8 Å². The highest BCUT2D eigenvalue weighted by Gasteiger charge is 2.10. The lowest BCUT2D eigenvalue weighted by atomic mass is 10.1. The largest absolute Gasteiger partial charge is 0.381 e. The molecule has 0 radical (unpaired) electrons. The van der Waals surface area contributed by atoms with Gasteiger partial charge in [-0.05, 0) is 44.9 Å². The number of aromatic nitrogens is 1. The van der Waals surface area contributed by atoms with E-state index in [0.29, 0.717) is 11.6 Å². The summed E-state index contributed by atoms with van der Waals surface area (Å²) < 4.78 is 0. The maximum atomic E-state index is 12.4. The Hall–Kier alpha value is -2.36. The second-order valence-corrected chi connectivity index (χ2v) is 5.69. The van der Waals surface area contributed by atoms with E-state index in [1.807, 2.05) is 32.0 Å². The molecule has 0 aliphatic heterocycles. The minimum absolute atomic E-state index is 0.146. The van der Waals surface area contributed by atoms with Crippen molar-refractivity contribution in [1.29, 1.82) is 0 Å². The molecule has 1 atom stereocenters. The van der Waals surface area contributed by atoms with E-state index in [1.165, 1.54) is 5.56 Å². The number of anilines is 2. The number of rotatable bonds is 5. The van der Waals surface area contributed by atoms with Gasteiger partial charge in [0, 0.05) is 24.1 Å². The molecule has 1 heterocycles. The summed E-state index contributed by atoms with van der Waals surface area (Å²) in [4.78, 5) is 16.5. The van der Waals surface area contributed by atoms with Gasteiger partial charge in [-0.3, -0.25) is 9.78 Å². The average molecular weight is 297 g/mol. The van der Waals surface area contributed by atoms with Gasteiger partial charge in [-0.2, -0.15) is 0 Å². The Morgan fingerprint density at radius 2 is 2.00 bits per heavy atom. The van der Waals surface area contributed by atoms with Gasteiger partial charge in [0.1, 0.15) is 0 Å². The molecule has 0 spiro atoms. The first-order valence-electron chi connectivity index (χ1n) is 7.59. The van der Waals surface area contributed by atoms with Crippen LogP contribution in [0.2, 0.25) is 0 Å². The molecule has 1 aromatic heterocycles. The minimum Gasteiger partial charge on any atom is -0.381 e. The minimum atomic E-state index is -0.146. The molecule has 22 heavy (non-hydrogen) atoms. The summed E-state index contributed by atoms with van der Waals surface area (Å²) in [6.45, 7) is 8.23. The van der Waals surface area contributed by atoms with Gasteiger partial charge >= 0.3 is 0 Å². The number of benzene rings is 1. The molecule has 4 nitrogen and oxygen atoms in total.